The van der Waals surface area contributed by atoms with Crippen molar-refractivity contribution in [3.8, 4) is 0 Å². The molecule has 1 N–H and O–H groups in total. The SMILES string of the molecule is C/C=N\N=C1\C(C)C1/C(C)=C(\C)NC. The molecule has 0 aromatic rings. The van der Waals surface area contributed by atoms with E-state index in [9.17, 15) is 0 Å². The van der Waals surface area contributed by atoms with Crippen LogP contribution in [0.5, 0.6) is 0 Å². The van der Waals surface area contributed by atoms with Crippen molar-refractivity contribution in [1.29, 1.82) is 0 Å². The molecule has 78 valence electrons. The Morgan fingerprint density at radius 3 is 2.57 bits per heavy atom. The third-order valence-electron chi connectivity index (χ3n) is 2.90. The Morgan fingerprint density at radius 2 is 2.07 bits per heavy atom. The van der Waals surface area contributed by atoms with Crippen LogP contribution in [-0.4, -0.2) is 19.0 Å². The van der Waals surface area contributed by atoms with Crippen molar-refractivity contribution in [3.63, 3.8) is 0 Å². The molecule has 1 saturated carbocycles. The summed E-state index contributed by atoms with van der Waals surface area (Å²) in [5.74, 6) is 1.06. The highest BCUT2D eigenvalue weighted by Gasteiger charge is 2.44. The summed E-state index contributed by atoms with van der Waals surface area (Å²) in [5, 5.41) is 11.3. The number of rotatable bonds is 3. The van der Waals surface area contributed by atoms with Gasteiger partial charge in [-0.05, 0) is 26.3 Å². The highest BCUT2D eigenvalue weighted by atomic mass is 15.2. The van der Waals surface area contributed by atoms with Gasteiger partial charge in [0.2, 0.25) is 0 Å². The highest BCUT2D eigenvalue weighted by molar-refractivity contribution is 6.06. The summed E-state index contributed by atoms with van der Waals surface area (Å²) in [4.78, 5) is 0. The molecule has 3 nitrogen and oxygen atoms in total. The second-order valence-electron chi connectivity index (χ2n) is 3.72. The van der Waals surface area contributed by atoms with E-state index in [2.05, 4.69) is 36.3 Å². The monoisotopic (exact) mass is 193 g/mol. The van der Waals surface area contributed by atoms with E-state index in [0.717, 1.165) is 0 Å². The zero-order valence-electron chi connectivity index (χ0n) is 9.63. The minimum Gasteiger partial charge on any atom is -0.392 e. The summed E-state index contributed by atoms with van der Waals surface area (Å²) in [7, 11) is 1.95. The molecule has 0 spiro atoms. The van der Waals surface area contributed by atoms with Crippen LogP contribution in [0.25, 0.3) is 0 Å². The lowest BCUT2D eigenvalue weighted by atomic mass is 10.1. The molecule has 0 aromatic carbocycles. The number of hydrogen-bond acceptors (Lipinski definition) is 3. The van der Waals surface area contributed by atoms with Gasteiger partial charge in [0.25, 0.3) is 0 Å². The summed E-state index contributed by atoms with van der Waals surface area (Å²) in [6.45, 7) is 8.33. The molecule has 2 unspecified atom stereocenters. The van der Waals surface area contributed by atoms with Gasteiger partial charge in [-0.15, -0.1) is 0 Å². The fourth-order valence-corrected chi connectivity index (χ4v) is 1.68. The molecular formula is C11H19N3. The molecule has 2 atom stereocenters. The van der Waals surface area contributed by atoms with Crippen molar-refractivity contribution in [2.75, 3.05) is 7.05 Å². The molecule has 0 aromatic heterocycles. The predicted molar refractivity (Wildman–Crippen MR) is 61.7 cm³/mol. The van der Waals surface area contributed by atoms with Gasteiger partial charge in [0, 0.05) is 30.8 Å². The molecule has 14 heavy (non-hydrogen) atoms. The van der Waals surface area contributed by atoms with Crippen molar-refractivity contribution in [2.24, 2.45) is 22.0 Å². The molecule has 0 radical (unpaired) electrons. The average molecular weight is 193 g/mol. The van der Waals surface area contributed by atoms with Gasteiger partial charge < -0.3 is 5.32 Å². The van der Waals surface area contributed by atoms with Gasteiger partial charge in [-0.2, -0.15) is 10.2 Å². The first-order valence-electron chi connectivity index (χ1n) is 5.04. The number of allylic oxidation sites excluding steroid dienone is 2. The lowest BCUT2D eigenvalue weighted by Crippen LogP contribution is -2.06. The average Bonchev–Trinajstić information content (AvgIpc) is 2.83. The maximum absolute atomic E-state index is 4.18. The summed E-state index contributed by atoms with van der Waals surface area (Å²) in [6.07, 6.45) is 1.72. The number of hydrogen-bond donors (Lipinski definition) is 1. The Bertz CT molecular complexity index is 300. The van der Waals surface area contributed by atoms with Crippen LogP contribution in [0.1, 0.15) is 27.7 Å². The molecule has 0 aliphatic heterocycles. The zero-order valence-corrected chi connectivity index (χ0v) is 9.63. The van der Waals surface area contributed by atoms with Crippen LogP contribution in [0.3, 0.4) is 0 Å². The van der Waals surface area contributed by atoms with Crippen LogP contribution in [-0.2, 0) is 0 Å². The first-order chi connectivity index (χ1) is 6.63. The van der Waals surface area contributed by atoms with Gasteiger partial charge in [0.15, 0.2) is 0 Å². The quantitative estimate of drug-likeness (QED) is 0.541. The van der Waals surface area contributed by atoms with Crippen LogP contribution in [0.15, 0.2) is 21.5 Å². The van der Waals surface area contributed by atoms with E-state index in [-0.39, 0.29) is 0 Å². The molecule has 1 aliphatic carbocycles. The van der Waals surface area contributed by atoms with Gasteiger partial charge in [-0.25, -0.2) is 0 Å². The molecule has 0 saturated heterocycles. The highest BCUT2D eigenvalue weighted by Crippen LogP contribution is 2.41. The van der Waals surface area contributed by atoms with E-state index < -0.39 is 0 Å². The minimum absolute atomic E-state index is 0.506. The van der Waals surface area contributed by atoms with Crippen molar-refractivity contribution >= 4 is 11.9 Å². The minimum atomic E-state index is 0.506. The van der Waals surface area contributed by atoms with E-state index in [0.29, 0.717) is 11.8 Å². The molecule has 1 aliphatic rings. The molecule has 0 bridgehead atoms. The summed E-state index contributed by atoms with van der Waals surface area (Å²) < 4.78 is 0. The molecule has 1 rings (SSSR count). The first-order valence-corrected chi connectivity index (χ1v) is 5.04. The Kier molecular flexibility index (Phi) is 3.44. The van der Waals surface area contributed by atoms with Gasteiger partial charge in [0.05, 0.1) is 5.71 Å². The van der Waals surface area contributed by atoms with Gasteiger partial charge in [0.1, 0.15) is 0 Å². The summed E-state index contributed by atoms with van der Waals surface area (Å²) in [5.41, 5.74) is 3.83. The molecular weight excluding hydrogens is 174 g/mol. The molecule has 0 amide bonds. The lowest BCUT2D eigenvalue weighted by Gasteiger charge is -2.04. The molecule has 3 heteroatoms. The summed E-state index contributed by atoms with van der Waals surface area (Å²) in [6, 6.07) is 0. The van der Waals surface area contributed by atoms with Crippen LogP contribution in [0.4, 0.5) is 0 Å². The van der Waals surface area contributed by atoms with Crippen LogP contribution < -0.4 is 5.32 Å². The number of nitrogens with zero attached hydrogens (tertiary/aromatic N) is 2. The largest absolute Gasteiger partial charge is 0.392 e. The fourth-order valence-electron chi connectivity index (χ4n) is 1.68. The smallest absolute Gasteiger partial charge is 0.0522 e. The maximum Gasteiger partial charge on any atom is 0.0522 e. The second kappa shape index (κ2) is 4.40. The fraction of sp³-hybridized carbons (Fsp3) is 0.636. The normalized spacial score (nSPS) is 30.8. The van der Waals surface area contributed by atoms with E-state index in [4.69, 9.17) is 0 Å². The Morgan fingerprint density at radius 1 is 1.43 bits per heavy atom. The van der Waals surface area contributed by atoms with Crippen molar-refractivity contribution in [2.45, 2.75) is 27.7 Å². The van der Waals surface area contributed by atoms with Gasteiger partial charge >= 0.3 is 0 Å². The van der Waals surface area contributed by atoms with E-state index in [1.54, 1.807) is 6.21 Å². The van der Waals surface area contributed by atoms with Crippen LogP contribution in [0.2, 0.25) is 0 Å². The van der Waals surface area contributed by atoms with E-state index in [1.165, 1.54) is 17.0 Å². The molecule has 1 fully saturated rings. The number of nitrogens with one attached hydrogen (secondary N) is 1. The topological polar surface area (TPSA) is 36.8 Å². The van der Waals surface area contributed by atoms with E-state index >= 15 is 0 Å². The van der Waals surface area contributed by atoms with E-state index in [1.807, 2.05) is 14.0 Å². The Hall–Kier alpha value is -1.12. The maximum atomic E-state index is 4.18. The Labute approximate surface area is 86.0 Å². The third kappa shape index (κ3) is 2.03. The first kappa shape index (κ1) is 11.0. The summed E-state index contributed by atoms with van der Waals surface area (Å²) >= 11 is 0. The van der Waals surface area contributed by atoms with Crippen LogP contribution in [0, 0.1) is 11.8 Å². The second-order valence-corrected chi connectivity index (χ2v) is 3.72. The van der Waals surface area contributed by atoms with Crippen molar-refractivity contribution < 1.29 is 0 Å². The van der Waals surface area contributed by atoms with Crippen LogP contribution >= 0.6 is 0 Å². The van der Waals surface area contributed by atoms with Gasteiger partial charge in [-0.3, -0.25) is 0 Å². The zero-order chi connectivity index (χ0) is 10.7. The predicted octanol–water partition coefficient (Wildman–Crippen LogP) is 2.21. The lowest BCUT2D eigenvalue weighted by molar-refractivity contribution is 0.816. The van der Waals surface area contributed by atoms with Crippen molar-refractivity contribution in [1.82, 2.24) is 5.32 Å². The standard InChI is InChI=1S/C11H19N3/c1-6-13-14-11-8(3)10(11)7(2)9(4)12-5/h6,8,10,12H,1-5H3/b9-7+,13-6-,14-11-. The Balaban J connectivity index is 2.76. The van der Waals surface area contributed by atoms with Crippen molar-refractivity contribution in [3.05, 3.63) is 11.3 Å². The molecule has 0 heterocycles. The third-order valence-corrected chi connectivity index (χ3v) is 2.90. The van der Waals surface area contributed by atoms with Gasteiger partial charge in [-0.1, -0.05) is 6.92 Å².